The zero-order valence-corrected chi connectivity index (χ0v) is 6.41. The van der Waals surface area contributed by atoms with E-state index in [-0.39, 0.29) is 6.61 Å². The SMILES string of the molecule is CCC1C(=O)OCC1(O)CO. The van der Waals surface area contributed by atoms with Crippen LogP contribution in [0.4, 0.5) is 0 Å². The number of aliphatic hydroxyl groups excluding tert-OH is 1. The number of hydrogen-bond donors (Lipinski definition) is 2. The van der Waals surface area contributed by atoms with Crippen molar-refractivity contribution >= 4 is 5.97 Å². The van der Waals surface area contributed by atoms with Crippen molar-refractivity contribution in [2.75, 3.05) is 13.2 Å². The maximum Gasteiger partial charge on any atom is 0.312 e. The fourth-order valence-corrected chi connectivity index (χ4v) is 1.32. The number of ether oxygens (including phenoxy) is 1. The lowest BCUT2D eigenvalue weighted by molar-refractivity contribution is -0.141. The number of aliphatic hydroxyl groups is 2. The quantitative estimate of drug-likeness (QED) is 0.524. The average Bonchev–Trinajstić information content (AvgIpc) is 2.29. The number of carbonyl (C=O) groups excluding carboxylic acids is 1. The Balaban J connectivity index is 2.75. The van der Waals surface area contributed by atoms with Crippen molar-refractivity contribution in [3.05, 3.63) is 0 Å². The minimum Gasteiger partial charge on any atom is -0.462 e. The van der Waals surface area contributed by atoms with Gasteiger partial charge >= 0.3 is 5.97 Å². The van der Waals surface area contributed by atoms with E-state index in [1.807, 2.05) is 0 Å². The van der Waals surface area contributed by atoms with E-state index in [9.17, 15) is 9.90 Å². The topological polar surface area (TPSA) is 66.8 Å². The second-order valence-electron chi connectivity index (χ2n) is 2.83. The van der Waals surface area contributed by atoms with Crippen molar-refractivity contribution in [2.45, 2.75) is 18.9 Å². The van der Waals surface area contributed by atoms with Gasteiger partial charge in [-0.3, -0.25) is 4.79 Å². The van der Waals surface area contributed by atoms with Crippen LogP contribution in [0, 0.1) is 5.92 Å². The van der Waals surface area contributed by atoms with Crippen LogP contribution >= 0.6 is 0 Å². The standard InChI is InChI=1S/C7H12O4/c1-2-5-6(9)11-4-7(5,10)3-8/h5,8,10H,2-4H2,1H3. The predicted molar refractivity (Wildman–Crippen MR) is 36.8 cm³/mol. The summed E-state index contributed by atoms with van der Waals surface area (Å²) in [6.07, 6.45) is 0.496. The summed E-state index contributed by atoms with van der Waals surface area (Å²) >= 11 is 0. The Morgan fingerprint density at radius 3 is 2.82 bits per heavy atom. The molecule has 1 aliphatic heterocycles. The number of esters is 1. The lowest BCUT2D eigenvalue weighted by atomic mass is 9.89. The van der Waals surface area contributed by atoms with Crippen molar-refractivity contribution < 1.29 is 19.7 Å². The van der Waals surface area contributed by atoms with Gasteiger partial charge in [0.05, 0.1) is 12.5 Å². The second-order valence-corrected chi connectivity index (χ2v) is 2.83. The van der Waals surface area contributed by atoms with Crippen LogP contribution in [0.3, 0.4) is 0 Å². The third kappa shape index (κ3) is 1.23. The number of rotatable bonds is 2. The van der Waals surface area contributed by atoms with Crippen molar-refractivity contribution in [3.63, 3.8) is 0 Å². The van der Waals surface area contributed by atoms with Crippen LogP contribution in [-0.2, 0) is 9.53 Å². The Bertz CT molecular complexity index is 168. The first kappa shape index (κ1) is 8.49. The van der Waals surface area contributed by atoms with Gasteiger partial charge < -0.3 is 14.9 Å². The maximum atomic E-state index is 10.9. The summed E-state index contributed by atoms with van der Waals surface area (Å²) in [4.78, 5) is 10.9. The lowest BCUT2D eigenvalue weighted by Gasteiger charge is -2.21. The van der Waals surface area contributed by atoms with E-state index in [1.165, 1.54) is 0 Å². The van der Waals surface area contributed by atoms with E-state index < -0.39 is 24.1 Å². The molecule has 11 heavy (non-hydrogen) atoms. The van der Waals surface area contributed by atoms with Crippen LogP contribution in [0.5, 0.6) is 0 Å². The minimum atomic E-state index is -1.34. The molecule has 1 rings (SSSR count). The molecule has 2 unspecified atom stereocenters. The molecule has 2 atom stereocenters. The van der Waals surface area contributed by atoms with Crippen molar-refractivity contribution in [1.29, 1.82) is 0 Å². The van der Waals surface area contributed by atoms with Gasteiger partial charge in [-0.25, -0.2) is 0 Å². The van der Waals surface area contributed by atoms with Crippen LogP contribution < -0.4 is 0 Å². The van der Waals surface area contributed by atoms with E-state index in [1.54, 1.807) is 6.92 Å². The summed E-state index contributed by atoms with van der Waals surface area (Å²) < 4.78 is 4.61. The Hall–Kier alpha value is -0.610. The highest BCUT2D eigenvalue weighted by molar-refractivity contribution is 5.76. The first-order valence-corrected chi connectivity index (χ1v) is 3.64. The Kier molecular flexibility index (Phi) is 2.15. The maximum absolute atomic E-state index is 10.9. The Morgan fingerprint density at radius 1 is 1.82 bits per heavy atom. The predicted octanol–water partition coefficient (Wildman–Crippen LogP) is -0.707. The molecule has 4 heteroatoms. The zero-order valence-electron chi connectivity index (χ0n) is 6.41. The highest BCUT2D eigenvalue weighted by Crippen LogP contribution is 2.28. The van der Waals surface area contributed by atoms with Crippen molar-refractivity contribution in [2.24, 2.45) is 5.92 Å². The van der Waals surface area contributed by atoms with Gasteiger partial charge in [0.25, 0.3) is 0 Å². The van der Waals surface area contributed by atoms with Gasteiger partial charge in [0.1, 0.15) is 12.2 Å². The molecule has 1 saturated heterocycles. The smallest absolute Gasteiger partial charge is 0.312 e. The molecule has 0 aromatic rings. The molecule has 0 saturated carbocycles. The van der Waals surface area contributed by atoms with Gasteiger partial charge in [-0.2, -0.15) is 0 Å². The first-order chi connectivity index (χ1) is 5.14. The lowest BCUT2D eigenvalue weighted by Crippen LogP contribution is -2.41. The van der Waals surface area contributed by atoms with E-state index in [0.717, 1.165) is 0 Å². The summed E-state index contributed by atoms with van der Waals surface area (Å²) in [5, 5.41) is 18.3. The van der Waals surface area contributed by atoms with Crippen LogP contribution in [0.2, 0.25) is 0 Å². The summed E-state index contributed by atoms with van der Waals surface area (Å²) in [6, 6.07) is 0. The van der Waals surface area contributed by atoms with Crippen LogP contribution in [-0.4, -0.2) is 35.0 Å². The number of carbonyl (C=O) groups is 1. The van der Waals surface area contributed by atoms with Gasteiger partial charge in [0.15, 0.2) is 0 Å². The molecule has 1 aliphatic rings. The van der Waals surface area contributed by atoms with Gasteiger partial charge in [0, 0.05) is 0 Å². The number of hydrogen-bond acceptors (Lipinski definition) is 4. The molecule has 0 amide bonds. The molecule has 4 nitrogen and oxygen atoms in total. The molecular weight excluding hydrogens is 148 g/mol. The molecule has 0 aromatic carbocycles. The molecule has 0 radical (unpaired) electrons. The molecular formula is C7H12O4. The summed E-state index contributed by atoms with van der Waals surface area (Å²) in [6.45, 7) is 1.27. The van der Waals surface area contributed by atoms with E-state index in [4.69, 9.17) is 5.11 Å². The fraction of sp³-hybridized carbons (Fsp3) is 0.857. The summed E-state index contributed by atoms with van der Waals surface area (Å²) in [7, 11) is 0. The van der Waals surface area contributed by atoms with Gasteiger partial charge in [-0.1, -0.05) is 6.92 Å². The van der Waals surface area contributed by atoms with E-state index in [0.29, 0.717) is 6.42 Å². The second kappa shape index (κ2) is 2.79. The molecule has 1 heterocycles. The molecule has 0 spiro atoms. The Morgan fingerprint density at radius 2 is 2.45 bits per heavy atom. The molecule has 0 bridgehead atoms. The van der Waals surface area contributed by atoms with Crippen LogP contribution in [0.15, 0.2) is 0 Å². The van der Waals surface area contributed by atoms with Gasteiger partial charge in [-0.05, 0) is 6.42 Å². The molecule has 2 N–H and O–H groups in total. The van der Waals surface area contributed by atoms with Crippen LogP contribution in [0.1, 0.15) is 13.3 Å². The molecule has 1 fully saturated rings. The largest absolute Gasteiger partial charge is 0.462 e. The van der Waals surface area contributed by atoms with E-state index in [2.05, 4.69) is 4.74 Å². The molecule has 64 valence electrons. The van der Waals surface area contributed by atoms with E-state index >= 15 is 0 Å². The summed E-state index contributed by atoms with van der Waals surface area (Å²) in [5.74, 6) is -0.975. The monoisotopic (exact) mass is 160 g/mol. The fourth-order valence-electron chi connectivity index (χ4n) is 1.32. The first-order valence-electron chi connectivity index (χ1n) is 3.64. The summed E-state index contributed by atoms with van der Waals surface area (Å²) in [5.41, 5.74) is -1.34. The highest BCUT2D eigenvalue weighted by Gasteiger charge is 2.47. The third-order valence-corrected chi connectivity index (χ3v) is 2.08. The number of cyclic esters (lactones) is 1. The van der Waals surface area contributed by atoms with Crippen molar-refractivity contribution in [3.8, 4) is 0 Å². The third-order valence-electron chi connectivity index (χ3n) is 2.08. The average molecular weight is 160 g/mol. The zero-order chi connectivity index (χ0) is 8.48. The normalized spacial score (nSPS) is 37.4. The highest BCUT2D eigenvalue weighted by atomic mass is 16.6. The Labute approximate surface area is 64.8 Å². The van der Waals surface area contributed by atoms with Crippen molar-refractivity contribution in [1.82, 2.24) is 0 Å². The molecule has 0 aromatic heterocycles. The van der Waals surface area contributed by atoms with Gasteiger partial charge in [0.2, 0.25) is 0 Å². The van der Waals surface area contributed by atoms with Gasteiger partial charge in [-0.15, -0.1) is 0 Å². The van der Waals surface area contributed by atoms with Crippen LogP contribution in [0.25, 0.3) is 0 Å². The molecule has 0 aliphatic carbocycles. The minimum absolute atomic E-state index is 0.0825.